The molecule has 0 spiro atoms. The third-order valence-electron chi connectivity index (χ3n) is 5.78. The number of fused-ring (bicyclic) bond motifs is 1. The molecule has 3 fully saturated rings. The van der Waals surface area contributed by atoms with Gasteiger partial charge in [0.1, 0.15) is 0 Å². The van der Waals surface area contributed by atoms with Gasteiger partial charge in [-0.1, -0.05) is 0 Å². The Kier molecular flexibility index (Phi) is 7.41. The van der Waals surface area contributed by atoms with E-state index in [9.17, 15) is 18.0 Å². The number of carbonyl (C=O) groups excluding carboxylic acids is 1. The Morgan fingerprint density at radius 2 is 2.00 bits per heavy atom. The summed E-state index contributed by atoms with van der Waals surface area (Å²) in [6, 6.07) is 2.03. The molecule has 0 unspecified atom stereocenters. The number of halogens is 3. The molecule has 10 heteroatoms. The lowest BCUT2D eigenvalue weighted by molar-refractivity contribution is -0.192. The summed E-state index contributed by atoms with van der Waals surface area (Å²) in [5.41, 5.74) is 1.23. The van der Waals surface area contributed by atoms with E-state index in [1.807, 2.05) is 12.3 Å². The first-order chi connectivity index (χ1) is 14.2. The lowest BCUT2D eigenvalue weighted by Gasteiger charge is -2.35. The van der Waals surface area contributed by atoms with Crippen LogP contribution in [0.3, 0.4) is 0 Å². The van der Waals surface area contributed by atoms with Crippen molar-refractivity contribution in [3.05, 3.63) is 24.2 Å². The standard InChI is InChI=1S/C18H26N2O3.C2HF3O2/c21-18(19-8-13-1-2-13)7-17-16-3-5-20(10-15(16)12-23-17)9-14-4-6-22-11-14;3-2(4,5)1(6)7/h4,6,11,13,15-17H,1-3,5,7-10,12H2,(H,19,21);(H,6,7)/t15-,16-,17-;/m1./s1. The van der Waals surface area contributed by atoms with Gasteiger partial charge in [-0.15, -0.1) is 0 Å². The lowest BCUT2D eigenvalue weighted by atomic mass is 9.83. The highest BCUT2D eigenvalue weighted by molar-refractivity contribution is 5.76. The summed E-state index contributed by atoms with van der Waals surface area (Å²) in [7, 11) is 0. The fourth-order valence-electron chi connectivity index (χ4n) is 3.99. The minimum atomic E-state index is -5.08. The summed E-state index contributed by atoms with van der Waals surface area (Å²) in [6.07, 6.45) is 2.81. The zero-order valence-corrected chi connectivity index (χ0v) is 16.6. The number of likely N-dealkylation sites (tertiary alicyclic amines) is 1. The molecule has 1 aromatic rings. The van der Waals surface area contributed by atoms with E-state index in [2.05, 4.69) is 10.2 Å². The van der Waals surface area contributed by atoms with Crippen LogP contribution in [0.25, 0.3) is 0 Å². The zero-order chi connectivity index (χ0) is 21.7. The number of rotatable bonds is 6. The van der Waals surface area contributed by atoms with Crippen LogP contribution in [0, 0.1) is 17.8 Å². The molecule has 30 heavy (non-hydrogen) atoms. The Morgan fingerprint density at radius 3 is 2.60 bits per heavy atom. The van der Waals surface area contributed by atoms with Gasteiger partial charge in [-0.05, 0) is 43.7 Å². The van der Waals surface area contributed by atoms with Crippen LogP contribution in [0.15, 0.2) is 23.0 Å². The van der Waals surface area contributed by atoms with E-state index in [1.165, 1.54) is 18.4 Å². The van der Waals surface area contributed by atoms with Crippen LogP contribution in [0.5, 0.6) is 0 Å². The van der Waals surface area contributed by atoms with Crippen molar-refractivity contribution in [3.8, 4) is 0 Å². The summed E-state index contributed by atoms with van der Waals surface area (Å²) in [6.45, 7) is 4.75. The van der Waals surface area contributed by atoms with Gasteiger partial charge in [-0.2, -0.15) is 13.2 Å². The second-order valence-corrected chi connectivity index (χ2v) is 8.21. The van der Waals surface area contributed by atoms with Crippen LogP contribution in [0.4, 0.5) is 13.2 Å². The number of nitrogens with one attached hydrogen (secondary N) is 1. The normalized spacial score (nSPS) is 26.4. The molecular weight excluding hydrogens is 405 g/mol. The molecule has 2 N–H and O–H groups in total. The van der Waals surface area contributed by atoms with Gasteiger partial charge in [0, 0.05) is 31.1 Å². The monoisotopic (exact) mass is 432 g/mol. The van der Waals surface area contributed by atoms with Crippen molar-refractivity contribution in [3.63, 3.8) is 0 Å². The lowest BCUT2D eigenvalue weighted by Crippen LogP contribution is -2.42. The molecule has 7 nitrogen and oxygen atoms in total. The van der Waals surface area contributed by atoms with Gasteiger partial charge in [0.2, 0.25) is 5.91 Å². The molecule has 0 aromatic carbocycles. The fourth-order valence-corrected chi connectivity index (χ4v) is 3.99. The first-order valence-electron chi connectivity index (χ1n) is 10.1. The number of hydrogen-bond acceptors (Lipinski definition) is 5. The smallest absolute Gasteiger partial charge is 0.475 e. The maximum atomic E-state index is 12.1. The summed E-state index contributed by atoms with van der Waals surface area (Å²) in [5, 5.41) is 10.2. The Labute approximate surface area is 172 Å². The minimum absolute atomic E-state index is 0.121. The number of aliphatic carboxylic acids is 1. The first kappa shape index (κ1) is 22.6. The number of ether oxygens (including phenoxy) is 1. The van der Waals surface area contributed by atoms with Gasteiger partial charge >= 0.3 is 12.1 Å². The molecule has 3 aliphatic rings. The highest BCUT2D eigenvalue weighted by Crippen LogP contribution is 2.36. The van der Waals surface area contributed by atoms with Crippen LogP contribution in [-0.4, -0.2) is 60.4 Å². The highest BCUT2D eigenvalue weighted by Gasteiger charge is 2.41. The number of furan rings is 1. The van der Waals surface area contributed by atoms with Gasteiger partial charge in [0.15, 0.2) is 0 Å². The van der Waals surface area contributed by atoms with Crippen molar-refractivity contribution in [1.82, 2.24) is 10.2 Å². The Balaban J connectivity index is 0.000000318. The molecular formula is C20H27F3N2O5. The van der Waals surface area contributed by atoms with E-state index in [1.54, 1.807) is 6.26 Å². The van der Waals surface area contributed by atoms with Crippen molar-refractivity contribution in [2.75, 3.05) is 26.2 Å². The highest BCUT2D eigenvalue weighted by atomic mass is 19.4. The van der Waals surface area contributed by atoms with E-state index in [-0.39, 0.29) is 12.0 Å². The van der Waals surface area contributed by atoms with Crippen molar-refractivity contribution >= 4 is 11.9 Å². The van der Waals surface area contributed by atoms with Crippen LogP contribution in [0.1, 0.15) is 31.2 Å². The van der Waals surface area contributed by atoms with Gasteiger partial charge in [0.05, 0.1) is 31.7 Å². The maximum absolute atomic E-state index is 12.1. The molecule has 168 valence electrons. The Bertz CT molecular complexity index is 706. The second-order valence-electron chi connectivity index (χ2n) is 8.21. The van der Waals surface area contributed by atoms with Crippen LogP contribution >= 0.6 is 0 Å². The van der Waals surface area contributed by atoms with E-state index in [0.29, 0.717) is 18.3 Å². The Hall–Kier alpha value is -2.07. The topological polar surface area (TPSA) is 92.0 Å². The molecule has 3 heterocycles. The maximum Gasteiger partial charge on any atom is 0.490 e. The number of amides is 1. The second kappa shape index (κ2) is 9.82. The number of alkyl halides is 3. The van der Waals surface area contributed by atoms with E-state index < -0.39 is 12.1 Å². The van der Waals surface area contributed by atoms with Crippen molar-refractivity contribution < 1.29 is 37.0 Å². The molecule has 1 aliphatic carbocycles. The number of carboxylic acids is 1. The average Bonchev–Trinajstić information content (AvgIpc) is 3.23. The molecule has 1 aromatic heterocycles. The van der Waals surface area contributed by atoms with Gasteiger partial charge in [-0.25, -0.2) is 4.79 Å². The van der Waals surface area contributed by atoms with Gasteiger partial charge < -0.3 is 19.6 Å². The van der Waals surface area contributed by atoms with Crippen molar-refractivity contribution in [2.45, 2.75) is 44.5 Å². The summed E-state index contributed by atoms with van der Waals surface area (Å²) < 4.78 is 42.9. The van der Waals surface area contributed by atoms with Crippen molar-refractivity contribution in [2.24, 2.45) is 17.8 Å². The Morgan fingerprint density at radius 1 is 1.27 bits per heavy atom. The summed E-state index contributed by atoms with van der Waals surface area (Å²) in [5.74, 6) is -0.739. The summed E-state index contributed by atoms with van der Waals surface area (Å²) in [4.78, 5) is 23.4. The van der Waals surface area contributed by atoms with E-state index in [0.717, 1.165) is 45.1 Å². The number of nitrogens with zero attached hydrogens (tertiary/aromatic N) is 1. The molecule has 0 bridgehead atoms. The number of carboxylic acid groups (broad SMARTS) is 1. The zero-order valence-electron chi connectivity index (χ0n) is 16.6. The van der Waals surface area contributed by atoms with Crippen LogP contribution in [0.2, 0.25) is 0 Å². The number of hydrogen-bond donors (Lipinski definition) is 2. The van der Waals surface area contributed by atoms with Crippen LogP contribution in [-0.2, 0) is 20.9 Å². The molecule has 4 rings (SSSR count). The fraction of sp³-hybridized carbons (Fsp3) is 0.700. The minimum Gasteiger partial charge on any atom is -0.475 e. The SMILES string of the molecule is O=C(C[C@H]1OC[C@H]2CN(Cc3ccoc3)CC[C@H]21)NCC1CC1.O=C(O)C(F)(F)F. The largest absolute Gasteiger partial charge is 0.490 e. The van der Waals surface area contributed by atoms with Crippen molar-refractivity contribution in [1.29, 1.82) is 0 Å². The molecule has 1 amide bonds. The predicted molar refractivity (Wildman–Crippen MR) is 99.4 cm³/mol. The number of carbonyl (C=O) groups is 2. The molecule has 2 aliphatic heterocycles. The summed E-state index contributed by atoms with van der Waals surface area (Å²) >= 11 is 0. The molecule has 1 saturated carbocycles. The van der Waals surface area contributed by atoms with E-state index in [4.69, 9.17) is 19.1 Å². The number of piperidine rings is 1. The molecule has 0 radical (unpaired) electrons. The van der Waals surface area contributed by atoms with Gasteiger partial charge in [-0.3, -0.25) is 9.69 Å². The van der Waals surface area contributed by atoms with E-state index >= 15 is 0 Å². The third kappa shape index (κ3) is 6.73. The van der Waals surface area contributed by atoms with Crippen LogP contribution < -0.4 is 5.32 Å². The molecule has 3 atom stereocenters. The quantitative estimate of drug-likeness (QED) is 0.718. The third-order valence-corrected chi connectivity index (χ3v) is 5.78. The predicted octanol–water partition coefficient (Wildman–Crippen LogP) is 2.67. The molecule has 2 saturated heterocycles. The first-order valence-corrected chi connectivity index (χ1v) is 10.1. The average molecular weight is 432 g/mol. The van der Waals surface area contributed by atoms with Gasteiger partial charge in [0.25, 0.3) is 0 Å².